The van der Waals surface area contributed by atoms with Crippen molar-refractivity contribution in [1.29, 1.82) is 0 Å². The molecule has 0 radical (unpaired) electrons. The van der Waals surface area contributed by atoms with Crippen LogP contribution in [0.2, 0.25) is 0 Å². The minimum absolute atomic E-state index is 0.130. The van der Waals surface area contributed by atoms with Crippen molar-refractivity contribution in [2.45, 2.75) is 25.4 Å². The number of methoxy groups -OCH3 is 1. The fourth-order valence-electron chi connectivity index (χ4n) is 4.84. The highest BCUT2D eigenvalue weighted by Gasteiger charge is 2.33. The van der Waals surface area contributed by atoms with E-state index in [1.165, 1.54) is 31.5 Å². The predicted molar refractivity (Wildman–Crippen MR) is 113 cm³/mol. The molecule has 0 bridgehead atoms. The normalized spacial score (nSPS) is 23.0. The summed E-state index contributed by atoms with van der Waals surface area (Å²) in [5, 5.41) is 0. The summed E-state index contributed by atoms with van der Waals surface area (Å²) in [6, 6.07) is 19.1. The molecule has 2 heterocycles. The molecule has 1 amide bonds. The van der Waals surface area contributed by atoms with E-state index in [4.69, 9.17) is 4.74 Å². The van der Waals surface area contributed by atoms with E-state index in [0.29, 0.717) is 0 Å². The number of rotatable bonds is 5. The van der Waals surface area contributed by atoms with E-state index in [2.05, 4.69) is 30.3 Å². The Morgan fingerprint density at radius 1 is 1.00 bits per heavy atom. The Bertz CT molecular complexity index is 795. The Hall–Kier alpha value is -2.37. The first-order chi connectivity index (χ1) is 14.2. The molecule has 0 spiro atoms. The van der Waals surface area contributed by atoms with Gasteiger partial charge in [0.15, 0.2) is 0 Å². The zero-order chi connectivity index (χ0) is 20.1. The zero-order valence-electron chi connectivity index (χ0n) is 17.4. The topological polar surface area (TPSA) is 38.4 Å². The molecule has 5 heteroatoms. The fourth-order valence-corrected chi connectivity index (χ4v) is 4.84. The van der Waals surface area contributed by atoms with Crippen molar-refractivity contribution in [3.63, 3.8) is 0 Å². The lowest BCUT2D eigenvalue weighted by molar-refractivity contribution is -0.965. The van der Waals surface area contributed by atoms with Crippen LogP contribution in [0.3, 0.4) is 0 Å². The number of hydrogen-bond donors (Lipinski definition) is 2. The third kappa shape index (κ3) is 4.98. The van der Waals surface area contributed by atoms with Crippen molar-refractivity contribution in [1.82, 2.24) is 4.90 Å². The molecule has 2 aliphatic heterocycles. The van der Waals surface area contributed by atoms with Gasteiger partial charge in [-0.1, -0.05) is 36.4 Å². The van der Waals surface area contributed by atoms with E-state index in [0.717, 1.165) is 50.1 Å². The third-order valence-corrected chi connectivity index (χ3v) is 6.58. The number of quaternary nitrogens is 2. The molecule has 2 saturated heterocycles. The summed E-state index contributed by atoms with van der Waals surface area (Å²) in [6.07, 6.45) is 2.59. The molecule has 0 unspecified atom stereocenters. The molecule has 154 valence electrons. The zero-order valence-corrected chi connectivity index (χ0v) is 17.4. The number of ether oxygens (including phenoxy) is 1. The maximum atomic E-state index is 12.8. The van der Waals surface area contributed by atoms with Crippen molar-refractivity contribution in [3.05, 3.63) is 65.7 Å². The van der Waals surface area contributed by atoms with Crippen LogP contribution in [0, 0.1) is 0 Å². The lowest BCUT2D eigenvalue weighted by Crippen LogP contribution is -3.21. The first kappa shape index (κ1) is 19.9. The lowest BCUT2D eigenvalue weighted by Gasteiger charge is -2.39. The van der Waals surface area contributed by atoms with Crippen LogP contribution in [0.5, 0.6) is 5.75 Å². The lowest BCUT2D eigenvalue weighted by atomic mass is 10.0. The van der Waals surface area contributed by atoms with Crippen LogP contribution in [0.1, 0.15) is 28.8 Å². The number of carbonyl (C=O) groups is 1. The molecule has 0 aromatic heterocycles. The molecule has 0 saturated carbocycles. The van der Waals surface area contributed by atoms with Crippen LogP contribution in [0.25, 0.3) is 0 Å². The Morgan fingerprint density at radius 2 is 1.72 bits per heavy atom. The highest BCUT2D eigenvalue weighted by atomic mass is 16.5. The van der Waals surface area contributed by atoms with Crippen molar-refractivity contribution in [2.24, 2.45) is 0 Å². The molecule has 29 heavy (non-hydrogen) atoms. The summed E-state index contributed by atoms with van der Waals surface area (Å²) in [6.45, 7) is 7.49. The van der Waals surface area contributed by atoms with Gasteiger partial charge in [-0.15, -0.1) is 0 Å². The SMILES string of the molecule is COc1cccc(C(=O)N2CC[NH+](C3CC[NH+](Cc4ccccc4)CC3)CC2)c1. The quantitative estimate of drug-likeness (QED) is 0.764. The standard InChI is InChI=1S/C24H31N3O2/c1-29-23-9-5-8-21(18-23)24(28)27-16-14-26(15-17-27)22-10-12-25(13-11-22)19-20-6-3-2-4-7-20/h2-9,18,22H,10-17,19H2,1H3/p+2. The summed E-state index contributed by atoms with van der Waals surface area (Å²) < 4.78 is 5.26. The summed E-state index contributed by atoms with van der Waals surface area (Å²) in [7, 11) is 1.64. The Morgan fingerprint density at radius 3 is 2.41 bits per heavy atom. The number of amides is 1. The summed E-state index contributed by atoms with van der Waals surface area (Å²) in [4.78, 5) is 18.2. The van der Waals surface area contributed by atoms with Gasteiger partial charge < -0.3 is 19.4 Å². The minimum atomic E-state index is 0.130. The van der Waals surface area contributed by atoms with Crippen LogP contribution in [0.4, 0.5) is 0 Å². The molecular weight excluding hydrogens is 362 g/mol. The number of hydrogen-bond acceptors (Lipinski definition) is 2. The van der Waals surface area contributed by atoms with E-state index >= 15 is 0 Å². The third-order valence-electron chi connectivity index (χ3n) is 6.58. The van der Waals surface area contributed by atoms with Crippen LogP contribution in [-0.4, -0.2) is 63.2 Å². The van der Waals surface area contributed by atoms with Gasteiger partial charge in [0.1, 0.15) is 12.3 Å². The molecule has 2 fully saturated rings. The van der Waals surface area contributed by atoms with Crippen LogP contribution < -0.4 is 14.5 Å². The number of benzene rings is 2. The smallest absolute Gasteiger partial charge is 0.254 e. The number of carbonyl (C=O) groups excluding carboxylic acids is 1. The van der Waals surface area contributed by atoms with Gasteiger partial charge in [-0.2, -0.15) is 0 Å². The van der Waals surface area contributed by atoms with Gasteiger partial charge in [0.2, 0.25) is 0 Å². The Labute approximate surface area is 173 Å². The number of likely N-dealkylation sites (tertiary alicyclic amines) is 1. The largest absolute Gasteiger partial charge is 0.497 e. The van der Waals surface area contributed by atoms with Gasteiger partial charge in [0.25, 0.3) is 5.91 Å². The van der Waals surface area contributed by atoms with E-state index in [-0.39, 0.29) is 5.91 Å². The molecule has 2 aromatic carbocycles. The molecular formula is C24H33N3O2+2. The van der Waals surface area contributed by atoms with Crippen molar-refractivity contribution >= 4 is 5.91 Å². The average Bonchev–Trinajstić information content (AvgIpc) is 2.80. The number of piperidine rings is 1. The second-order valence-corrected chi connectivity index (χ2v) is 8.37. The van der Waals surface area contributed by atoms with Crippen LogP contribution >= 0.6 is 0 Å². The second-order valence-electron chi connectivity index (χ2n) is 8.37. The Balaban J connectivity index is 1.24. The summed E-state index contributed by atoms with van der Waals surface area (Å²) >= 11 is 0. The molecule has 2 aromatic rings. The molecule has 5 nitrogen and oxygen atoms in total. The molecule has 0 aliphatic carbocycles. The summed E-state index contributed by atoms with van der Waals surface area (Å²) in [5.41, 5.74) is 2.17. The van der Waals surface area contributed by atoms with E-state index in [1.54, 1.807) is 16.9 Å². The molecule has 2 aliphatic rings. The van der Waals surface area contributed by atoms with Crippen LogP contribution in [-0.2, 0) is 6.54 Å². The minimum Gasteiger partial charge on any atom is -0.497 e. The fraction of sp³-hybridized carbons (Fsp3) is 0.458. The monoisotopic (exact) mass is 395 g/mol. The van der Waals surface area contributed by atoms with Crippen molar-refractivity contribution in [2.75, 3.05) is 46.4 Å². The number of nitrogens with zero attached hydrogens (tertiary/aromatic N) is 1. The van der Waals surface area contributed by atoms with Crippen molar-refractivity contribution in [3.8, 4) is 5.75 Å². The van der Waals surface area contributed by atoms with Gasteiger partial charge >= 0.3 is 0 Å². The maximum Gasteiger partial charge on any atom is 0.254 e. The Kier molecular flexibility index (Phi) is 6.47. The molecule has 0 atom stereocenters. The van der Waals surface area contributed by atoms with E-state index in [9.17, 15) is 4.79 Å². The highest BCUT2D eigenvalue weighted by Crippen LogP contribution is 2.14. The van der Waals surface area contributed by atoms with Gasteiger partial charge in [-0.05, 0) is 18.2 Å². The molecule has 2 N–H and O–H groups in total. The average molecular weight is 396 g/mol. The second kappa shape index (κ2) is 9.42. The van der Waals surface area contributed by atoms with Gasteiger partial charge in [-0.25, -0.2) is 0 Å². The maximum absolute atomic E-state index is 12.8. The highest BCUT2D eigenvalue weighted by molar-refractivity contribution is 5.94. The van der Waals surface area contributed by atoms with Gasteiger partial charge in [0.05, 0.1) is 52.4 Å². The van der Waals surface area contributed by atoms with E-state index in [1.807, 2.05) is 29.2 Å². The van der Waals surface area contributed by atoms with Gasteiger partial charge in [-0.3, -0.25) is 4.79 Å². The number of piperazine rings is 1. The van der Waals surface area contributed by atoms with Crippen LogP contribution in [0.15, 0.2) is 54.6 Å². The first-order valence-corrected chi connectivity index (χ1v) is 10.9. The first-order valence-electron chi connectivity index (χ1n) is 10.9. The number of nitrogens with one attached hydrogen (secondary N) is 2. The van der Waals surface area contributed by atoms with Crippen molar-refractivity contribution < 1.29 is 19.3 Å². The molecule has 4 rings (SSSR count). The van der Waals surface area contributed by atoms with E-state index < -0.39 is 0 Å². The summed E-state index contributed by atoms with van der Waals surface area (Å²) in [5.74, 6) is 0.870. The predicted octanol–water partition coefficient (Wildman–Crippen LogP) is 0.283. The van der Waals surface area contributed by atoms with Gasteiger partial charge in [0, 0.05) is 24.0 Å².